The smallest absolute Gasteiger partial charge is 0.306 e. The summed E-state index contributed by atoms with van der Waals surface area (Å²) in [6, 6.07) is 0. The third kappa shape index (κ3) is 39.6. The Bertz CT molecular complexity index is 1490. The van der Waals surface area contributed by atoms with Gasteiger partial charge in [0.1, 0.15) is 36.8 Å². The van der Waals surface area contributed by atoms with Gasteiger partial charge in [-0.2, -0.15) is 8.42 Å². The molecule has 4 N–H and O–H groups in total. The summed E-state index contributed by atoms with van der Waals surface area (Å²) in [5.74, 6) is -2.08. The third-order valence-corrected chi connectivity index (χ3v) is 13.1. The van der Waals surface area contributed by atoms with Gasteiger partial charge in [0, 0.05) is 12.8 Å². The first kappa shape index (κ1) is 64.4. The summed E-state index contributed by atoms with van der Waals surface area (Å²) < 4.78 is 54.2. The molecular weight excluding hydrogens is 897 g/mol. The lowest BCUT2D eigenvalue weighted by Gasteiger charge is -2.40. The normalized spacial score (nSPS) is 19.5. The molecule has 2 unspecified atom stereocenters. The summed E-state index contributed by atoms with van der Waals surface area (Å²) in [6.07, 6.45) is 48.5. The van der Waals surface area contributed by atoms with Crippen molar-refractivity contribution in [3.63, 3.8) is 0 Å². The van der Waals surface area contributed by atoms with Crippen LogP contribution >= 0.6 is 0 Å². The largest absolute Gasteiger partial charge is 0.462 e. The summed E-state index contributed by atoms with van der Waals surface area (Å²) >= 11 is 0. The molecule has 0 spiro atoms. The molecule has 13 heteroatoms. The number of hydrogen-bond acceptors (Lipinski definition) is 11. The Kier molecular flexibility index (Phi) is 42.2. The van der Waals surface area contributed by atoms with E-state index in [9.17, 15) is 37.9 Å². The highest BCUT2D eigenvalue weighted by atomic mass is 32.2. The molecule has 69 heavy (non-hydrogen) atoms. The van der Waals surface area contributed by atoms with Crippen LogP contribution in [0.3, 0.4) is 0 Å². The quantitative estimate of drug-likeness (QED) is 0.0196. The maximum absolute atomic E-state index is 12.8. The summed E-state index contributed by atoms with van der Waals surface area (Å²) in [6.45, 7) is 3.71. The van der Waals surface area contributed by atoms with E-state index in [4.69, 9.17) is 18.9 Å². The Labute approximate surface area is 419 Å². The summed E-state index contributed by atoms with van der Waals surface area (Å²) in [5, 5.41) is 31.0. The van der Waals surface area contributed by atoms with E-state index in [1.807, 2.05) is 12.2 Å². The number of aliphatic hydroxyl groups is 3. The van der Waals surface area contributed by atoms with E-state index in [1.54, 1.807) is 0 Å². The number of carbonyl (C=O) groups is 2. The number of allylic oxidation sites excluding steroid dienone is 10. The van der Waals surface area contributed by atoms with Gasteiger partial charge in [-0.3, -0.25) is 14.1 Å². The van der Waals surface area contributed by atoms with Gasteiger partial charge < -0.3 is 34.3 Å². The van der Waals surface area contributed by atoms with Crippen molar-refractivity contribution in [1.29, 1.82) is 0 Å². The Balaban J connectivity index is 2.38. The van der Waals surface area contributed by atoms with Crippen LogP contribution < -0.4 is 0 Å². The van der Waals surface area contributed by atoms with Crippen LogP contribution in [-0.2, 0) is 38.7 Å². The van der Waals surface area contributed by atoms with Crippen LogP contribution in [0.25, 0.3) is 0 Å². The number of aliphatic hydroxyl groups excluding tert-OH is 3. The highest BCUT2D eigenvalue weighted by Crippen LogP contribution is 2.24. The summed E-state index contributed by atoms with van der Waals surface area (Å²) in [5.41, 5.74) is 0. The molecular formula is C56H98O12S. The lowest BCUT2D eigenvalue weighted by atomic mass is 10.00. The molecule has 1 saturated heterocycles. The van der Waals surface area contributed by atoms with E-state index >= 15 is 0 Å². The summed E-state index contributed by atoms with van der Waals surface area (Å²) in [4.78, 5) is 25.5. The molecule has 0 aromatic carbocycles. The number of ether oxygens (including phenoxy) is 4. The van der Waals surface area contributed by atoms with Gasteiger partial charge >= 0.3 is 11.9 Å². The second-order valence-corrected chi connectivity index (χ2v) is 20.4. The fourth-order valence-electron chi connectivity index (χ4n) is 8.13. The highest BCUT2D eigenvalue weighted by Gasteiger charge is 2.46. The van der Waals surface area contributed by atoms with Crippen molar-refractivity contribution < 1.29 is 56.8 Å². The van der Waals surface area contributed by atoms with Crippen LogP contribution in [0, 0.1) is 0 Å². The first-order chi connectivity index (χ1) is 33.5. The van der Waals surface area contributed by atoms with E-state index in [-0.39, 0.29) is 19.4 Å². The minimum atomic E-state index is -4.62. The molecule has 0 amide bonds. The molecule has 400 valence electrons. The average Bonchev–Trinajstić information content (AvgIpc) is 3.32. The summed E-state index contributed by atoms with van der Waals surface area (Å²) in [7, 11) is -4.62. The van der Waals surface area contributed by atoms with Crippen molar-refractivity contribution in [2.45, 2.75) is 263 Å². The van der Waals surface area contributed by atoms with Gasteiger partial charge in [-0.1, -0.05) is 222 Å². The van der Waals surface area contributed by atoms with E-state index in [1.165, 1.54) is 135 Å². The van der Waals surface area contributed by atoms with E-state index in [2.05, 4.69) is 62.5 Å². The minimum Gasteiger partial charge on any atom is -0.462 e. The second kappa shape index (κ2) is 45.2. The molecule has 0 saturated carbocycles. The van der Waals surface area contributed by atoms with Crippen LogP contribution in [-0.4, -0.2) is 96.0 Å². The number of carbonyl (C=O) groups excluding carboxylic acids is 2. The molecule has 1 aliphatic heterocycles. The molecule has 1 heterocycles. The monoisotopic (exact) mass is 995 g/mol. The van der Waals surface area contributed by atoms with Gasteiger partial charge in [-0.15, -0.1) is 0 Å². The van der Waals surface area contributed by atoms with Crippen LogP contribution in [0.4, 0.5) is 0 Å². The molecule has 1 aliphatic rings. The zero-order valence-corrected chi connectivity index (χ0v) is 44.0. The Morgan fingerprint density at radius 2 is 0.899 bits per heavy atom. The lowest BCUT2D eigenvalue weighted by molar-refractivity contribution is -0.297. The first-order valence-electron chi connectivity index (χ1n) is 27.3. The zero-order chi connectivity index (χ0) is 50.5. The van der Waals surface area contributed by atoms with Gasteiger partial charge in [-0.05, 0) is 51.4 Å². The van der Waals surface area contributed by atoms with E-state index < -0.39 is 71.2 Å². The molecule has 0 aliphatic carbocycles. The molecule has 6 atom stereocenters. The number of esters is 2. The molecule has 1 fully saturated rings. The molecule has 1 rings (SSSR count). The molecule has 0 bridgehead atoms. The minimum absolute atomic E-state index is 0.0406. The van der Waals surface area contributed by atoms with E-state index in [0.29, 0.717) is 19.3 Å². The lowest BCUT2D eigenvalue weighted by Crippen LogP contribution is -2.60. The average molecular weight is 995 g/mol. The van der Waals surface area contributed by atoms with Crippen LogP contribution in [0.1, 0.15) is 226 Å². The van der Waals surface area contributed by atoms with E-state index in [0.717, 1.165) is 44.9 Å². The van der Waals surface area contributed by atoms with Gasteiger partial charge in [0.15, 0.2) is 12.4 Å². The zero-order valence-electron chi connectivity index (χ0n) is 43.2. The highest BCUT2D eigenvalue weighted by molar-refractivity contribution is 7.85. The first-order valence-corrected chi connectivity index (χ1v) is 29.0. The Morgan fingerprint density at radius 3 is 1.35 bits per heavy atom. The van der Waals surface area contributed by atoms with Crippen molar-refractivity contribution in [2.24, 2.45) is 0 Å². The Hall–Kier alpha value is -2.65. The third-order valence-electron chi connectivity index (χ3n) is 12.4. The fourth-order valence-corrected chi connectivity index (χ4v) is 8.82. The van der Waals surface area contributed by atoms with Gasteiger partial charge in [0.25, 0.3) is 10.1 Å². The van der Waals surface area contributed by atoms with Crippen molar-refractivity contribution in [1.82, 2.24) is 0 Å². The van der Waals surface area contributed by atoms with Crippen LogP contribution in [0.2, 0.25) is 0 Å². The molecule has 0 aromatic heterocycles. The van der Waals surface area contributed by atoms with Crippen molar-refractivity contribution in [3.8, 4) is 0 Å². The second-order valence-electron chi connectivity index (χ2n) is 18.9. The Morgan fingerprint density at radius 1 is 0.493 bits per heavy atom. The number of hydrogen-bond donors (Lipinski definition) is 4. The standard InChI is InChI=1S/C56H98O12S/c1-3-5-7-9-11-13-15-17-19-21-23-24-25-27-28-30-32-34-36-38-40-42-44-51(57)65-46-49(47-66-56-55(61)54(60)53(59)50(68-56)48-69(62,63)64)67-52(58)45-43-41-39-37-35-33-31-29-26-22-20-18-16-14-12-10-8-6-4-2/h12,14,18,20,26,29,33,35,39,41,49-50,53-56,59-61H,3-11,13,15-17,19,21-25,27-28,30-32,34,36-38,40,42-48H2,1-2H3,(H,62,63,64)/b14-12+,20-18+,29-26+,35-33+,41-39+/t49-,50-,53-,54?,55?,56+/m1/s1. The molecule has 12 nitrogen and oxygen atoms in total. The number of unbranched alkanes of at least 4 members (excludes halogenated alkanes) is 24. The fraction of sp³-hybridized carbons (Fsp3) is 0.786. The molecule has 0 aromatic rings. The number of rotatable bonds is 46. The topological polar surface area (TPSA) is 186 Å². The molecule has 0 radical (unpaired) electrons. The van der Waals surface area contributed by atoms with Crippen molar-refractivity contribution in [2.75, 3.05) is 19.0 Å². The predicted octanol–water partition coefficient (Wildman–Crippen LogP) is 12.8. The van der Waals surface area contributed by atoms with Crippen molar-refractivity contribution >= 4 is 22.1 Å². The maximum atomic E-state index is 12.8. The van der Waals surface area contributed by atoms with Gasteiger partial charge in [0.2, 0.25) is 0 Å². The van der Waals surface area contributed by atoms with Crippen LogP contribution in [0.15, 0.2) is 60.8 Å². The van der Waals surface area contributed by atoms with Crippen molar-refractivity contribution in [3.05, 3.63) is 60.8 Å². The predicted molar refractivity (Wildman–Crippen MR) is 279 cm³/mol. The van der Waals surface area contributed by atoms with Gasteiger partial charge in [-0.25, -0.2) is 0 Å². The maximum Gasteiger partial charge on any atom is 0.306 e. The van der Waals surface area contributed by atoms with Gasteiger partial charge in [0.05, 0.1) is 6.61 Å². The van der Waals surface area contributed by atoms with Crippen LogP contribution in [0.5, 0.6) is 0 Å². The SMILES string of the molecule is CCCCC/C=C/C/C=C/C/C=C/C/C=C/C/C=C/CCC(=O)O[C@H](COC(=O)CCCCCCCCCCCCCCCCCCCCCCCC)CO[C@H]1O[C@H](CS(=O)(=O)O)[C@@H](O)C(O)C1O.